The molecule has 0 saturated carbocycles. The third-order valence-corrected chi connectivity index (χ3v) is 7.41. The lowest BCUT2D eigenvalue weighted by atomic mass is 9.95. The molecule has 0 aromatic heterocycles. The molecule has 0 radical (unpaired) electrons. The monoisotopic (exact) mass is 592 g/mol. The van der Waals surface area contributed by atoms with Crippen molar-refractivity contribution >= 4 is 17.8 Å². The molecule has 11 heteroatoms. The molecule has 2 amide bonds. The number of rotatable bonds is 19. The molecule has 1 aromatic rings. The van der Waals surface area contributed by atoms with Crippen molar-refractivity contribution in [3.05, 3.63) is 35.9 Å². The average Bonchev–Trinajstić information content (AvgIpc) is 2.98. The molecule has 42 heavy (non-hydrogen) atoms. The molecular formula is C31H48N2O9. The van der Waals surface area contributed by atoms with Crippen LogP contribution in [0.25, 0.3) is 0 Å². The maximum Gasteiger partial charge on any atom is 0.329 e. The van der Waals surface area contributed by atoms with Gasteiger partial charge >= 0.3 is 5.97 Å². The summed E-state index contributed by atoms with van der Waals surface area (Å²) in [5.41, 5.74) is 0.779. The van der Waals surface area contributed by atoms with Crippen molar-refractivity contribution in [2.75, 3.05) is 26.4 Å². The SMILES string of the molecule is CCCCCCCCCCCCNC(=O)CO[C@H]1O[C@@H]2COC(c3ccccc3)O[C@H]2[C@H](OCC(=O)O)[C@H]1NC(C)=O. The predicted octanol–water partition coefficient (Wildman–Crippen LogP) is 3.85. The van der Waals surface area contributed by atoms with Crippen LogP contribution in [-0.4, -0.2) is 79.9 Å². The van der Waals surface area contributed by atoms with Crippen LogP contribution < -0.4 is 10.6 Å². The first kappa shape index (κ1) is 33.9. The Kier molecular flexibility index (Phi) is 15.2. The summed E-state index contributed by atoms with van der Waals surface area (Å²) in [6.45, 7) is 3.32. The Balaban J connectivity index is 1.50. The van der Waals surface area contributed by atoms with Crippen molar-refractivity contribution in [3.63, 3.8) is 0 Å². The van der Waals surface area contributed by atoms with Crippen LogP contribution in [0.4, 0.5) is 0 Å². The second kappa shape index (κ2) is 18.9. The van der Waals surface area contributed by atoms with Crippen LogP contribution >= 0.6 is 0 Å². The third-order valence-electron chi connectivity index (χ3n) is 7.41. The van der Waals surface area contributed by atoms with Crippen LogP contribution in [0, 0.1) is 0 Å². The highest BCUT2D eigenvalue weighted by atomic mass is 16.8. The van der Waals surface area contributed by atoms with Crippen molar-refractivity contribution in [1.82, 2.24) is 10.6 Å². The van der Waals surface area contributed by atoms with Crippen LogP contribution in [0.3, 0.4) is 0 Å². The summed E-state index contributed by atoms with van der Waals surface area (Å²) in [7, 11) is 0. The van der Waals surface area contributed by atoms with Crippen LogP contribution in [0.5, 0.6) is 0 Å². The summed E-state index contributed by atoms with van der Waals surface area (Å²) in [6, 6.07) is 8.37. The maximum absolute atomic E-state index is 12.5. The smallest absolute Gasteiger partial charge is 0.329 e. The lowest BCUT2D eigenvalue weighted by molar-refractivity contribution is -0.347. The normalized spacial score (nSPS) is 25.4. The zero-order chi connectivity index (χ0) is 30.2. The van der Waals surface area contributed by atoms with E-state index in [1.807, 2.05) is 30.3 Å². The number of hydrogen-bond acceptors (Lipinski definition) is 8. The van der Waals surface area contributed by atoms with Gasteiger partial charge in [0.1, 0.15) is 37.6 Å². The summed E-state index contributed by atoms with van der Waals surface area (Å²) in [4.78, 5) is 36.0. The highest BCUT2D eigenvalue weighted by molar-refractivity contribution is 5.77. The number of fused-ring (bicyclic) bond motifs is 1. The van der Waals surface area contributed by atoms with E-state index in [-0.39, 0.29) is 19.1 Å². The Hall–Kier alpha value is -2.57. The Morgan fingerprint density at radius 1 is 0.905 bits per heavy atom. The number of aliphatic carboxylic acids is 1. The molecule has 1 aromatic carbocycles. The summed E-state index contributed by atoms with van der Waals surface area (Å²) in [6.07, 6.45) is 7.96. The number of benzene rings is 1. The summed E-state index contributed by atoms with van der Waals surface area (Å²) >= 11 is 0. The van der Waals surface area contributed by atoms with E-state index < -0.39 is 55.4 Å². The molecule has 2 heterocycles. The Bertz CT molecular complexity index is 948. The standard InChI is InChI=1S/C31H48N2O9/c1-3-4-5-6-7-8-9-10-11-15-18-32-25(35)20-40-31-27(33-22(2)34)29(38-21-26(36)37)28-24(41-31)19-39-30(42-28)23-16-13-12-14-17-23/h12-14,16-17,24,27-31H,3-11,15,18-21H2,1-2H3,(H,32,35)(H,33,34)(H,36,37)/t24-,27-,28-,29-,30?,31+/m1/s1. The van der Waals surface area contributed by atoms with Gasteiger partial charge in [-0.15, -0.1) is 0 Å². The number of unbranched alkanes of at least 4 members (excludes halogenated alkanes) is 9. The van der Waals surface area contributed by atoms with Crippen LogP contribution in [0.15, 0.2) is 30.3 Å². The number of ether oxygens (including phenoxy) is 5. The number of amides is 2. The summed E-state index contributed by atoms with van der Waals surface area (Å²) in [5.74, 6) is -1.87. The van der Waals surface area contributed by atoms with Gasteiger partial charge in [-0.3, -0.25) is 9.59 Å². The Morgan fingerprint density at radius 3 is 2.21 bits per heavy atom. The highest BCUT2D eigenvalue weighted by Gasteiger charge is 2.51. The molecule has 3 rings (SSSR count). The largest absolute Gasteiger partial charge is 0.480 e. The molecule has 2 saturated heterocycles. The first-order valence-electron chi connectivity index (χ1n) is 15.3. The number of nitrogens with one attached hydrogen (secondary N) is 2. The molecule has 2 fully saturated rings. The van der Waals surface area contributed by atoms with Crippen LogP contribution in [0.2, 0.25) is 0 Å². The molecule has 0 aliphatic carbocycles. The second-order valence-corrected chi connectivity index (χ2v) is 11.0. The van der Waals surface area contributed by atoms with E-state index in [1.54, 1.807) is 0 Å². The molecule has 11 nitrogen and oxygen atoms in total. The van der Waals surface area contributed by atoms with E-state index in [1.165, 1.54) is 51.9 Å². The average molecular weight is 593 g/mol. The number of hydrogen-bond donors (Lipinski definition) is 3. The van der Waals surface area contributed by atoms with Gasteiger partial charge in [0.2, 0.25) is 11.8 Å². The fourth-order valence-electron chi connectivity index (χ4n) is 5.30. The Morgan fingerprint density at radius 2 is 1.57 bits per heavy atom. The van der Waals surface area contributed by atoms with Gasteiger partial charge in [0.05, 0.1) is 6.61 Å². The number of carboxylic acid groups (broad SMARTS) is 1. The number of carboxylic acids is 1. The summed E-state index contributed by atoms with van der Waals surface area (Å²) < 4.78 is 29.7. The van der Waals surface area contributed by atoms with Gasteiger partial charge in [-0.05, 0) is 6.42 Å². The third kappa shape index (κ3) is 11.6. The van der Waals surface area contributed by atoms with Crippen molar-refractivity contribution in [3.8, 4) is 0 Å². The van der Waals surface area contributed by atoms with Crippen molar-refractivity contribution in [2.45, 2.75) is 115 Å². The van der Waals surface area contributed by atoms with E-state index in [2.05, 4.69) is 17.6 Å². The highest BCUT2D eigenvalue weighted by Crippen LogP contribution is 2.35. The van der Waals surface area contributed by atoms with Gasteiger partial charge < -0.3 is 39.4 Å². The van der Waals surface area contributed by atoms with Gasteiger partial charge in [0.15, 0.2) is 12.6 Å². The van der Waals surface area contributed by atoms with Crippen molar-refractivity contribution in [2.24, 2.45) is 0 Å². The fourth-order valence-corrected chi connectivity index (χ4v) is 5.30. The lowest BCUT2D eigenvalue weighted by Crippen LogP contribution is -2.67. The van der Waals surface area contributed by atoms with E-state index >= 15 is 0 Å². The van der Waals surface area contributed by atoms with Gasteiger partial charge in [-0.1, -0.05) is 95.0 Å². The quantitative estimate of drug-likeness (QED) is 0.204. The van der Waals surface area contributed by atoms with Gasteiger partial charge in [0.25, 0.3) is 0 Å². The molecule has 0 bridgehead atoms. The maximum atomic E-state index is 12.5. The predicted molar refractivity (Wildman–Crippen MR) is 154 cm³/mol. The minimum absolute atomic E-state index is 0.120. The topological polar surface area (TPSA) is 142 Å². The van der Waals surface area contributed by atoms with Gasteiger partial charge in [-0.25, -0.2) is 4.79 Å². The second-order valence-electron chi connectivity index (χ2n) is 11.0. The van der Waals surface area contributed by atoms with E-state index in [4.69, 9.17) is 23.7 Å². The zero-order valence-corrected chi connectivity index (χ0v) is 25.0. The molecule has 236 valence electrons. The first-order chi connectivity index (χ1) is 20.4. The molecule has 3 N–H and O–H groups in total. The Labute approximate surface area is 248 Å². The van der Waals surface area contributed by atoms with Crippen LogP contribution in [0.1, 0.15) is 89.9 Å². The molecule has 2 aliphatic rings. The van der Waals surface area contributed by atoms with E-state index in [9.17, 15) is 19.5 Å². The molecule has 6 atom stereocenters. The molecule has 0 spiro atoms. The van der Waals surface area contributed by atoms with Gasteiger partial charge in [0, 0.05) is 19.0 Å². The fraction of sp³-hybridized carbons (Fsp3) is 0.710. The molecule has 2 aliphatic heterocycles. The lowest BCUT2D eigenvalue weighted by Gasteiger charge is -2.49. The minimum Gasteiger partial charge on any atom is -0.480 e. The zero-order valence-electron chi connectivity index (χ0n) is 25.0. The van der Waals surface area contributed by atoms with Crippen LogP contribution in [-0.2, 0) is 38.1 Å². The van der Waals surface area contributed by atoms with Crippen molar-refractivity contribution in [1.29, 1.82) is 0 Å². The van der Waals surface area contributed by atoms with Crippen molar-refractivity contribution < 1.29 is 43.2 Å². The molecule has 1 unspecified atom stereocenters. The first-order valence-corrected chi connectivity index (χ1v) is 15.3. The minimum atomic E-state index is -1.17. The molecular weight excluding hydrogens is 544 g/mol. The van der Waals surface area contributed by atoms with E-state index in [0.29, 0.717) is 6.54 Å². The number of carbonyl (C=O) groups is 3. The van der Waals surface area contributed by atoms with E-state index in [0.717, 1.165) is 24.8 Å². The van der Waals surface area contributed by atoms with Gasteiger partial charge in [-0.2, -0.15) is 0 Å². The number of carbonyl (C=O) groups excluding carboxylic acids is 2. The summed E-state index contributed by atoms with van der Waals surface area (Å²) in [5, 5.41) is 14.9.